The average Bonchev–Trinajstić information content (AvgIpc) is 2.98. The van der Waals surface area contributed by atoms with Crippen molar-refractivity contribution >= 4 is 21.8 Å². The van der Waals surface area contributed by atoms with E-state index in [-0.39, 0.29) is 18.8 Å². The summed E-state index contributed by atoms with van der Waals surface area (Å²) in [5.41, 5.74) is 1.94. The zero-order valence-corrected chi connectivity index (χ0v) is 12.6. The summed E-state index contributed by atoms with van der Waals surface area (Å²) >= 11 is 3.47. The van der Waals surface area contributed by atoms with Crippen LogP contribution in [0, 0.1) is 0 Å². The topological polar surface area (TPSA) is 56.8 Å². The fourth-order valence-electron chi connectivity index (χ4n) is 2.47. The first-order chi connectivity index (χ1) is 9.74. The van der Waals surface area contributed by atoms with Gasteiger partial charge in [0.05, 0.1) is 6.61 Å². The van der Waals surface area contributed by atoms with Gasteiger partial charge in [-0.05, 0) is 25.0 Å². The number of amides is 1. The van der Waals surface area contributed by atoms with Crippen LogP contribution in [-0.4, -0.2) is 25.4 Å². The molecule has 0 aliphatic carbocycles. The molecule has 2 aliphatic heterocycles. The van der Waals surface area contributed by atoms with Crippen LogP contribution in [0.25, 0.3) is 0 Å². The summed E-state index contributed by atoms with van der Waals surface area (Å²) < 4.78 is 17.1. The Morgan fingerprint density at radius 2 is 2.35 bits per heavy atom. The molecule has 1 N–H and O–H groups in total. The van der Waals surface area contributed by atoms with Crippen LogP contribution in [0.2, 0.25) is 0 Å². The monoisotopic (exact) mass is 341 g/mol. The van der Waals surface area contributed by atoms with Crippen LogP contribution < -0.4 is 10.1 Å². The van der Waals surface area contributed by atoms with Gasteiger partial charge in [-0.25, -0.2) is 0 Å². The Morgan fingerprint density at radius 3 is 3.15 bits per heavy atom. The molecular weight excluding hydrogens is 326 g/mol. The molecule has 0 aromatic heterocycles. The second-order valence-electron chi connectivity index (χ2n) is 4.88. The number of carbonyl (C=O) groups is 1. The highest BCUT2D eigenvalue weighted by molar-refractivity contribution is 9.10. The summed E-state index contributed by atoms with van der Waals surface area (Å²) in [7, 11) is 0. The standard InChI is InChI=1S/C14H16BrNO4/c15-11-4-9(13-10(5-11)7-18-8-20-13)6-16-14(17)12-2-1-3-19-12/h4-5,12H,1-3,6-8H2,(H,16,17). The lowest BCUT2D eigenvalue weighted by Gasteiger charge is -2.21. The first kappa shape index (κ1) is 13.9. The molecule has 1 fully saturated rings. The lowest BCUT2D eigenvalue weighted by atomic mass is 10.1. The third-order valence-corrected chi connectivity index (χ3v) is 3.88. The molecule has 108 valence electrons. The highest BCUT2D eigenvalue weighted by Gasteiger charge is 2.24. The second kappa shape index (κ2) is 6.11. The van der Waals surface area contributed by atoms with Gasteiger partial charge in [0.15, 0.2) is 6.79 Å². The molecule has 0 bridgehead atoms. The van der Waals surface area contributed by atoms with Gasteiger partial charge < -0.3 is 19.5 Å². The van der Waals surface area contributed by atoms with Crippen molar-refractivity contribution in [2.75, 3.05) is 13.4 Å². The van der Waals surface area contributed by atoms with Gasteiger partial charge in [-0.1, -0.05) is 15.9 Å². The molecule has 0 saturated carbocycles. The molecule has 1 unspecified atom stereocenters. The van der Waals surface area contributed by atoms with Crippen LogP contribution in [0.4, 0.5) is 0 Å². The number of fused-ring (bicyclic) bond motifs is 1. The maximum Gasteiger partial charge on any atom is 0.249 e. The lowest BCUT2D eigenvalue weighted by molar-refractivity contribution is -0.130. The first-order valence-electron chi connectivity index (χ1n) is 6.65. The van der Waals surface area contributed by atoms with Gasteiger partial charge in [0.25, 0.3) is 0 Å². The van der Waals surface area contributed by atoms with Crippen molar-refractivity contribution in [3.63, 3.8) is 0 Å². The van der Waals surface area contributed by atoms with Gasteiger partial charge in [0.2, 0.25) is 5.91 Å². The SMILES string of the molecule is O=C(NCc1cc(Br)cc2c1OCOC2)C1CCCO1. The minimum atomic E-state index is -0.303. The van der Waals surface area contributed by atoms with E-state index in [1.165, 1.54) is 0 Å². The first-order valence-corrected chi connectivity index (χ1v) is 7.44. The number of halogens is 1. The molecule has 5 nitrogen and oxygen atoms in total. The van der Waals surface area contributed by atoms with E-state index >= 15 is 0 Å². The smallest absolute Gasteiger partial charge is 0.249 e. The number of ether oxygens (including phenoxy) is 3. The van der Waals surface area contributed by atoms with Crippen LogP contribution in [-0.2, 0) is 27.4 Å². The fraction of sp³-hybridized carbons (Fsp3) is 0.500. The van der Waals surface area contributed by atoms with E-state index < -0.39 is 0 Å². The molecular formula is C14H16BrNO4. The highest BCUT2D eigenvalue weighted by atomic mass is 79.9. The Hall–Kier alpha value is -1.11. The van der Waals surface area contributed by atoms with E-state index in [1.807, 2.05) is 12.1 Å². The van der Waals surface area contributed by atoms with Gasteiger partial charge >= 0.3 is 0 Å². The third-order valence-electron chi connectivity index (χ3n) is 3.43. The summed E-state index contributed by atoms with van der Waals surface area (Å²) in [6, 6.07) is 3.93. The Kier molecular flexibility index (Phi) is 4.24. The zero-order chi connectivity index (χ0) is 13.9. The molecule has 1 atom stereocenters. The minimum Gasteiger partial charge on any atom is -0.467 e. The molecule has 1 saturated heterocycles. The van der Waals surface area contributed by atoms with E-state index in [2.05, 4.69) is 21.2 Å². The molecule has 0 spiro atoms. The molecule has 20 heavy (non-hydrogen) atoms. The molecule has 3 rings (SSSR count). The van der Waals surface area contributed by atoms with Crippen molar-refractivity contribution in [1.82, 2.24) is 5.32 Å². The number of nitrogens with one attached hydrogen (secondary N) is 1. The van der Waals surface area contributed by atoms with Crippen molar-refractivity contribution in [1.29, 1.82) is 0 Å². The van der Waals surface area contributed by atoms with Gasteiger partial charge in [-0.3, -0.25) is 4.79 Å². The van der Waals surface area contributed by atoms with Crippen molar-refractivity contribution in [3.05, 3.63) is 27.7 Å². The van der Waals surface area contributed by atoms with Crippen molar-refractivity contribution in [2.45, 2.75) is 32.1 Å². The number of hydrogen-bond donors (Lipinski definition) is 1. The number of rotatable bonds is 3. The Morgan fingerprint density at radius 1 is 1.45 bits per heavy atom. The van der Waals surface area contributed by atoms with Crippen molar-refractivity contribution < 1.29 is 19.0 Å². The fourth-order valence-corrected chi connectivity index (χ4v) is 3.02. The Bertz CT molecular complexity index is 514. The van der Waals surface area contributed by atoms with Gasteiger partial charge in [0, 0.05) is 28.8 Å². The summed E-state index contributed by atoms with van der Waals surface area (Å²) in [6.07, 6.45) is 1.44. The van der Waals surface area contributed by atoms with E-state index in [1.54, 1.807) is 0 Å². The molecule has 1 amide bonds. The van der Waals surface area contributed by atoms with Crippen molar-refractivity contribution in [2.24, 2.45) is 0 Å². The third kappa shape index (κ3) is 2.97. The predicted octanol–water partition coefficient (Wildman–Crippen LogP) is 2.11. The van der Waals surface area contributed by atoms with Crippen molar-refractivity contribution in [3.8, 4) is 5.75 Å². The Balaban J connectivity index is 1.70. The van der Waals surface area contributed by atoms with Crippen LogP contribution in [0.15, 0.2) is 16.6 Å². The summed E-state index contributed by atoms with van der Waals surface area (Å²) in [5, 5.41) is 2.91. The number of hydrogen-bond acceptors (Lipinski definition) is 4. The van der Waals surface area contributed by atoms with E-state index in [0.29, 0.717) is 19.8 Å². The molecule has 0 radical (unpaired) electrons. The van der Waals surface area contributed by atoms with Gasteiger partial charge in [0.1, 0.15) is 11.9 Å². The second-order valence-corrected chi connectivity index (χ2v) is 5.80. The largest absolute Gasteiger partial charge is 0.467 e. The number of benzene rings is 1. The van der Waals surface area contributed by atoms with E-state index in [4.69, 9.17) is 14.2 Å². The average molecular weight is 342 g/mol. The minimum absolute atomic E-state index is 0.0525. The molecule has 2 aliphatic rings. The molecule has 2 heterocycles. The lowest BCUT2D eigenvalue weighted by Crippen LogP contribution is -2.33. The summed E-state index contributed by atoms with van der Waals surface area (Å²) in [5.74, 6) is 0.760. The highest BCUT2D eigenvalue weighted by Crippen LogP contribution is 2.31. The number of carbonyl (C=O) groups excluding carboxylic acids is 1. The zero-order valence-electron chi connectivity index (χ0n) is 11.0. The maximum atomic E-state index is 12.0. The molecule has 1 aromatic rings. The van der Waals surface area contributed by atoms with Crippen LogP contribution in [0.5, 0.6) is 5.75 Å². The predicted molar refractivity (Wildman–Crippen MR) is 75.2 cm³/mol. The quantitative estimate of drug-likeness (QED) is 0.914. The van der Waals surface area contributed by atoms with Gasteiger partial charge in [-0.15, -0.1) is 0 Å². The normalized spacial score (nSPS) is 21.1. The van der Waals surface area contributed by atoms with E-state index in [0.717, 1.165) is 34.2 Å². The summed E-state index contributed by atoms with van der Waals surface area (Å²) in [4.78, 5) is 12.0. The van der Waals surface area contributed by atoms with Gasteiger partial charge in [-0.2, -0.15) is 0 Å². The van der Waals surface area contributed by atoms with Crippen LogP contribution >= 0.6 is 15.9 Å². The molecule has 6 heteroatoms. The van der Waals surface area contributed by atoms with E-state index in [9.17, 15) is 4.79 Å². The van der Waals surface area contributed by atoms with Crippen LogP contribution in [0.3, 0.4) is 0 Å². The maximum absolute atomic E-state index is 12.0. The van der Waals surface area contributed by atoms with Crippen LogP contribution in [0.1, 0.15) is 24.0 Å². The molecule has 1 aromatic carbocycles. The summed E-state index contributed by atoms with van der Waals surface area (Å²) in [6.45, 7) is 1.88. The Labute approximate surface area is 125 Å².